The molecule has 0 aliphatic carbocycles. The van der Waals surface area contributed by atoms with E-state index in [4.69, 9.17) is 4.74 Å². The number of morpholine rings is 1. The van der Waals surface area contributed by atoms with E-state index in [1.54, 1.807) is 6.92 Å². The minimum absolute atomic E-state index is 0.106. The van der Waals surface area contributed by atoms with Crippen LogP contribution < -0.4 is 4.72 Å². The topological polar surface area (TPSA) is 87.3 Å². The van der Waals surface area contributed by atoms with Crippen LogP contribution in [0.1, 0.15) is 5.69 Å². The SMILES string of the molecule is Cc1[nH]ncc1S(=O)(=O)NCC1CN(C)CCO1. The van der Waals surface area contributed by atoms with E-state index in [-0.39, 0.29) is 17.5 Å². The van der Waals surface area contributed by atoms with Gasteiger partial charge in [-0.15, -0.1) is 0 Å². The normalized spacial score (nSPS) is 22.2. The Hall–Kier alpha value is -0.960. The minimum atomic E-state index is -3.51. The summed E-state index contributed by atoms with van der Waals surface area (Å²) in [4.78, 5) is 2.30. The highest BCUT2D eigenvalue weighted by molar-refractivity contribution is 7.89. The summed E-state index contributed by atoms with van der Waals surface area (Å²) in [7, 11) is -1.52. The van der Waals surface area contributed by atoms with Crippen LogP contribution in [-0.2, 0) is 14.8 Å². The summed E-state index contributed by atoms with van der Waals surface area (Å²) in [5.74, 6) is 0. The monoisotopic (exact) mass is 274 g/mol. The molecule has 2 rings (SSSR count). The van der Waals surface area contributed by atoms with E-state index in [1.807, 2.05) is 7.05 Å². The molecule has 102 valence electrons. The van der Waals surface area contributed by atoms with Gasteiger partial charge in [-0.2, -0.15) is 5.10 Å². The van der Waals surface area contributed by atoms with Gasteiger partial charge in [0.1, 0.15) is 4.90 Å². The molecular formula is C10H18N4O3S. The molecule has 0 amide bonds. The van der Waals surface area contributed by atoms with Gasteiger partial charge in [0.25, 0.3) is 0 Å². The first-order valence-electron chi connectivity index (χ1n) is 5.79. The lowest BCUT2D eigenvalue weighted by atomic mass is 10.3. The first-order chi connectivity index (χ1) is 8.49. The Bertz CT molecular complexity index is 499. The molecular weight excluding hydrogens is 256 g/mol. The smallest absolute Gasteiger partial charge is 0.244 e. The van der Waals surface area contributed by atoms with Crippen LogP contribution in [-0.4, -0.2) is 62.9 Å². The lowest BCUT2D eigenvalue weighted by Crippen LogP contribution is -2.45. The van der Waals surface area contributed by atoms with Crippen molar-refractivity contribution in [2.45, 2.75) is 17.9 Å². The molecule has 18 heavy (non-hydrogen) atoms. The summed E-state index contributed by atoms with van der Waals surface area (Å²) >= 11 is 0. The minimum Gasteiger partial charge on any atom is -0.374 e. The van der Waals surface area contributed by atoms with Crippen LogP contribution in [0, 0.1) is 6.92 Å². The van der Waals surface area contributed by atoms with Gasteiger partial charge >= 0.3 is 0 Å². The van der Waals surface area contributed by atoms with Gasteiger partial charge in [-0.25, -0.2) is 13.1 Å². The van der Waals surface area contributed by atoms with E-state index >= 15 is 0 Å². The van der Waals surface area contributed by atoms with Gasteiger partial charge in [0.05, 0.1) is 24.6 Å². The molecule has 1 saturated heterocycles. The maximum atomic E-state index is 12.0. The molecule has 1 fully saturated rings. The first-order valence-corrected chi connectivity index (χ1v) is 7.27. The molecule has 1 aromatic heterocycles. The Kier molecular flexibility index (Phi) is 4.00. The molecule has 1 aromatic rings. The molecule has 2 heterocycles. The van der Waals surface area contributed by atoms with E-state index < -0.39 is 10.0 Å². The average molecular weight is 274 g/mol. The Morgan fingerprint density at radius 3 is 3.06 bits per heavy atom. The Morgan fingerprint density at radius 2 is 2.44 bits per heavy atom. The average Bonchev–Trinajstić information content (AvgIpc) is 2.74. The molecule has 0 bridgehead atoms. The molecule has 1 unspecified atom stereocenters. The summed E-state index contributed by atoms with van der Waals surface area (Å²) in [6, 6.07) is 0. The highest BCUT2D eigenvalue weighted by Gasteiger charge is 2.23. The van der Waals surface area contributed by atoms with Gasteiger partial charge in [0.2, 0.25) is 10.0 Å². The summed E-state index contributed by atoms with van der Waals surface area (Å²) in [5, 5.41) is 6.32. The lowest BCUT2D eigenvalue weighted by molar-refractivity contribution is -0.0156. The van der Waals surface area contributed by atoms with Gasteiger partial charge in [0.15, 0.2) is 0 Å². The second kappa shape index (κ2) is 5.35. The summed E-state index contributed by atoms with van der Waals surface area (Å²) in [6.07, 6.45) is 1.21. The highest BCUT2D eigenvalue weighted by atomic mass is 32.2. The summed E-state index contributed by atoms with van der Waals surface area (Å²) in [6.45, 7) is 4.19. The molecule has 0 spiro atoms. The molecule has 1 aliphatic rings. The first kappa shape index (κ1) is 13.5. The predicted molar refractivity (Wildman–Crippen MR) is 65.8 cm³/mol. The number of sulfonamides is 1. The fraction of sp³-hybridized carbons (Fsp3) is 0.700. The number of aromatic amines is 1. The van der Waals surface area contributed by atoms with Crippen molar-refractivity contribution < 1.29 is 13.2 Å². The number of nitrogens with zero attached hydrogens (tertiary/aromatic N) is 2. The quantitative estimate of drug-likeness (QED) is 0.760. The molecule has 8 heteroatoms. The Labute approximate surface area is 107 Å². The number of nitrogens with one attached hydrogen (secondary N) is 2. The largest absolute Gasteiger partial charge is 0.374 e. The number of likely N-dealkylation sites (N-methyl/N-ethyl adjacent to an activating group) is 1. The number of ether oxygens (including phenoxy) is 1. The number of hydrogen-bond donors (Lipinski definition) is 2. The molecule has 1 aliphatic heterocycles. The zero-order valence-electron chi connectivity index (χ0n) is 10.5. The van der Waals surface area contributed by atoms with Crippen molar-refractivity contribution in [3.05, 3.63) is 11.9 Å². The van der Waals surface area contributed by atoms with Gasteiger partial charge < -0.3 is 9.64 Å². The molecule has 0 aromatic carbocycles. The van der Waals surface area contributed by atoms with E-state index in [0.29, 0.717) is 12.3 Å². The van der Waals surface area contributed by atoms with Crippen molar-refractivity contribution in [3.63, 3.8) is 0 Å². The van der Waals surface area contributed by atoms with Gasteiger partial charge in [0, 0.05) is 19.6 Å². The van der Waals surface area contributed by atoms with Crippen LogP contribution in [0.25, 0.3) is 0 Å². The third kappa shape index (κ3) is 3.08. The van der Waals surface area contributed by atoms with Gasteiger partial charge in [-0.05, 0) is 14.0 Å². The molecule has 0 saturated carbocycles. The maximum Gasteiger partial charge on any atom is 0.244 e. The van der Waals surface area contributed by atoms with E-state index in [2.05, 4.69) is 19.8 Å². The Morgan fingerprint density at radius 1 is 1.67 bits per heavy atom. The van der Waals surface area contributed by atoms with Crippen molar-refractivity contribution in [1.82, 2.24) is 19.8 Å². The van der Waals surface area contributed by atoms with Crippen LogP contribution in [0.3, 0.4) is 0 Å². The van der Waals surface area contributed by atoms with Gasteiger partial charge in [-0.1, -0.05) is 0 Å². The van der Waals surface area contributed by atoms with Crippen LogP contribution in [0.2, 0.25) is 0 Å². The molecule has 1 atom stereocenters. The maximum absolute atomic E-state index is 12.0. The molecule has 0 radical (unpaired) electrons. The fourth-order valence-electron chi connectivity index (χ4n) is 1.88. The van der Waals surface area contributed by atoms with Crippen LogP contribution >= 0.6 is 0 Å². The standard InChI is InChI=1S/C10H18N4O3S/c1-8-10(6-11-13-8)18(15,16)12-5-9-7-14(2)3-4-17-9/h6,9,12H,3-5,7H2,1-2H3,(H,11,13). The van der Waals surface area contributed by atoms with Crippen LogP contribution in [0.4, 0.5) is 0 Å². The Balaban J connectivity index is 1.95. The van der Waals surface area contributed by atoms with Crippen LogP contribution in [0.15, 0.2) is 11.1 Å². The van der Waals surface area contributed by atoms with Gasteiger partial charge in [-0.3, -0.25) is 5.10 Å². The van der Waals surface area contributed by atoms with Crippen LogP contribution in [0.5, 0.6) is 0 Å². The molecule has 7 nitrogen and oxygen atoms in total. The number of H-pyrrole nitrogens is 1. The lowest BCUT2D eigenvalue weighted by Gasteiger charge is -2.29. The van der Waals surface area contributed by atoms with E-state index in [9.17, 15) is 8.42 Å². The predicted octanol–water partition coefficient (Wildman–Crippen LogP) is -0.673. The molecule has 2 N–H and O–H groups in total. The second-order valence-electron chi connectivity index (χ2n) is 4.47. The summed E-state index contributed by atoms with van der Waals surface area (Å²) < 4.78 is 32.0. The number of rotatable bonds is 4. The third-order valence-corrected chi connectivity index (χ3v) is 4.45. The van der Waals surface area contributed by atoms with Crippen molar-refractivity contribution in [2.24, 2.45) is 0 Å². The third-order valence-electron chi connectivity index (χ3n) is 2.92. The summed E-state index contributed by atoms with van der Waals surface area (Å²) in [5.41, 5.74) is 0.532. The van der Waals surface area contributed by atoms with Crippen molar-refractivity contribution in [1.29, 1.82) is 0 Å². The zero-order chi connectivity index (χ0) is 13.2. The second-order valence-corrected chi connectivity index (χ2v) is 6.20. The number of hydrogen-bond acceptors (Lipinski definition) is 5. The van der Waals surface area contributed by atoms with Crippen molar-refractivity contribution >= 4 is 10.0 Å². The van der Waals surface area contributed by atoms with Crippen molar-refractivity contribution in [3.8, 4) is 0 Å². The number of aromatic nitrogens is 2. The van der Waals surface area contributed by atoms with E-state index in [0.717, 1.165) is 13.1 Å². The van der Waals surface area contributed by atoms with Crippen molar-refractivity contribution in [2.75, 3.05) is 33.3 Å². The fourth-order valence-corrected chi connectivity index (χ4v) is 3.08. The van der Waals surface area contributed by atoms with E-state index in [1.165, 1.54) is 6.20 Å². The highest BCUT2D eigenvalue weighted by Crippen LogP contribution is 2.11. The zero-order valence-corrected chi connectivity index (χ0v) is 11.3. The number of aryl methyl sites for hydroxylation is 1.